The van der Waals surface area contributed by atoms with Crippen molar-refractivity contribution in [2.45, 2.75) is 50.6 Å². The standard InChI is InChI=1S/C14H26N4O6/c15-7-3-5-10(18)13(21)23-11(19)6-2-1-4-9(17)14(22)24-12(20)8-16/h9-10H,1-8,15-18H2. The van der Waals surface area contributed by atoms with Gasteiger partial charge < -0.3 is 32.4 Å². The fourth-order valence-electron chi connectivity index (χ4n) is 1.68. The molecule has 0 saturated carbocycles. The van der Waals surface area contributed by atoms with Gasteiger partial charge in [-0.25, -0.2) is 9.59 Å². The third-order valence-electron chi connectivity index (χ3n) is 3.07. The van der Waals surface area contributed by atoms with Gasteiger partial charge in [-0.2, -0.15) is 0 Å². The maximum absolute atomic E-state index is 11.5. The van der Waals surface area contributed by atoms with E-state index in [2.05, 4.69) is 9.47 Å². The van der Waals surface area contributed by atoms with Gasteiger partial charge in [0.25, 0.3) is 0 Å². The average molecular weight is 346 g/mol. The second kappa shape index (κ2) is 12.5. The van der Waals surface area contributed by atoms with E-state index in [9.17, 15) is 19.2 Å². The van der Waals surface area contributed by atoms with Crippen LogP contribution in [0.4, 0.5) is 0 Å². The van der Waals surface area contributed by atoms with Gasteiger partial charge in [-0.05, 0) is 32.2 Å². The van der Waals surface area contributed by atoms with E-state index in [1.54, 1.807) is 0 Å². The average Bonchev–Trinajstić information content (AvgIpc) is 2.55. The minimum atomic E-state index is -0.983. The molecular formula is C14H26N4O6. The van der Waals surface area contributed by atoms with Crippen LogP contribution in [0, 0.1) is 0 Å². The lowest BCUT2D eigenvalue weighted by Crippen LogP contribution is -2.35. The summed E-state index contributed by atoms with van der Waals surface area (Å²) in [4.78, 5) is 45.2. The predicted molar refractivity (Wildman–Crippen MR) is 84.0 cm³/mol. The van der Waals surface area contributed by atoms with Crippen LogP contribution < -0.4 is 22.9 Å². The van der Waals surface area contributed by atoms with Crippen molar-refractivity contribution in [3.8, 4) is 0 Å². The summed E-state index contributed by atoms with van der Waals surface area (Å²) < 4.78 is 8.97. The van der Waals surface area contributed by atoms with Gasteiger partial charge in [0.2, 0.25) is 0 Å². The van der Waals surface area contributed by atoms with Crippen molar-refractivity contribution in [3.63, 3.8) is 0 Å². The summed E-state index contributed by atoms with van der Waals surface area (Å²) in [5.41, 5.74) is 21.4. The number of carbonyl (C=O) groups is 4. The Labute approximate surface area is 140 Å². The topological polar surface area (TPSA) is 191 Å². The van der Waals surface area contributed by atoms with E-state index >= 15 is 0 Å². The fraction of sp³-hybridized carbons (Fsp3) is 0.714. The Bertz CT molecular complexity index is 443. The number of rotatable bonds is 11. The monoisotopic (exact) mass is 346 g/mol. The van der Waals surface area contributed by atoms with Crippen molar-refractivity contribution in [1.29, 1.82) is 0 Å². The molecule has 2 unspecified atom stereocenters. The van der Waals surface area contributed by atoms with E-state index in [-0.39, 0.29) is 12.8 Å². The summed E-state index contributed by atoms with van der Waals surface area (Å²) in [6.07, 6.45) is 1.88. The molecule has 0 aliphatic rings. The normalized spacial score (nSPS) is 13.0. The van der Waals surface area contributed by atoms with Gasteiger partial charge in [-0.15, -0.1) is 0 Å². The molecule has 0 bridgehead atoms. The third-order valence-corrected chi connectivity index (χ3v) is 3.07. The van der Waals surface area contributed by atoms with Gasteiger partial charge >= 0.3 is 23.9 Å². The highest BCUT2D eigenvalue weighted by atomic mass is 16.6. The van der Waals surface area contributed by atoms with Crippen molar-refractivity contribution in [2.24, 2.45) is 22.9 Å². The molecule has 0 saturated heterocycles. The van der Waals surface area contributed by atoms with E-state index in [4.69, 9.17) is 22.9 Å². The molecule has 8 N–H and O–H groups in total. The Morgan fingerprint density at radius 3 is 1.75 bits per heavy atom. The van der Waals surface area contributed by atoms with Crippen LogP contribution >= 0.6 is 0 Å². The molecule has 0 rings (SSSR count). The molecule has 0 amide bonds. The highest BCUT2D eigenvalue weighted by molar-refractivity contribution is 5.89. The zero-order valence-electron chi connectivity index (χ0n) is 13.6. The molecule has 10 nitrogen and oxygen atoms in total. The molecule has 138 valence electrons. The first kappa shape index (κ1) is 22.1. The fourth-order valence-corrected chi connectivity index (χ4v) is 1.68. The molecular weight excluding hydrogens is 320 g/mol. The van der Waals surface area contributed by atoms with Gasteiger partial charge in [-0.3, -0.25) is 9.59 Å². The summed E-state index contributed by atoms with van der Waals surface area (Å²) in [6, 6.07) is -1.86. The van der Waals surface area contributed by atoms with Crippen LogP contribution in [0.5, 0.6) is 0 Å². The molecule has 0 fully saturated rings. The van der Waals surface area contributed by atoms with E-state index < -0.39 is 42.5 Å². The minimum absolute atomic E-state index is 0.0150. The Morgan fingerprint density at radius 2 is 1.25 bits per heavy atom. The molecule has 0 spiro atoms. The SMILES string of the molecule is NCCCC(N)C(=O)OC(=O)CCCCC(N)C(=O)OC(=O)CN. The summed E-state index contributed by atoms with van der Waals surface area (Å²) in [5, 5.41) is 0. The molecule has 0 aromatic heterocycles. The van der Waals surface area contributed by atoms with Crippen molar-refractivity contribution in [3.05, 3.63) is 0 Å². The highest BCUT2D eigenvalue weighted by Crippen LogP contribution is 2.06. The van der Waals surface area contributed by atoms with E-state index in [0.717, 1.165) is 0 Å². The van der Waals surface area contributed by atoms with Gasteiger partial charge in [0.05, 0.1) is 6.54 Å². The minimum Gasteiger partial charge on any atom is -0.392 e. The number of unbranched alkanes of at least 4 members (excludes halogenated alkanes) is 1. The lowest BCUT2D eigenvalue weighted by Gasteiger charge is -2.10. The predicted octanol–water partition coefficient (Wildman–Crippen LogP) is -1.96. The lowest BCUT2D eigenvalue weighted by molar-refractivity contribution is -0.161. The van der Waals surface area contributed by atoms with Gasteiger partial charge in [0.15, 0.2) is 0 Å². The number of carbonyl (C=O) groups excluding carboxylic acids is 4. The van der Waals surface area contributed by atoms with Crippen LogP contribution in [0.3, 0.4) is 0 Å². The highest BCUT2D eigenvalue weighted by Gasteiger charge is 2.20. The van der Waals surface area contributed by atoms with Crippen LogP contribution in [-0.4, -0.2) is 49.1 Å². The second-order valence-corrected chi connectivity index (χ2v) is 5.18. The largest absolute Gasteiger partial charge is 0.392 e. The molecule has 2 atom stereocenters. The van der Waals surface area contributed by atoms with Gasteiger partial charge in [-0.1, -0.05) is 6.42 Å². The number of hydrogen-bond acceptors (Lipinski definition) is 10. The van der Waals surface area contributed by atoms with E-state index in [1.165, 1.54) is 0 Å². The first-order valence-electron chi connectivity index (χ1n) is 7.72. The maximum atomic E-state index is 11.5. The van der Waals surface area contributed by atoms with Crippen molar-refractivity contribution in [1.82, 2.24) is 0 Å². The number of ether oxygens (including phenoxy) is 2. The van der Waals surface area contributed by atoms with E-state index in [1.807, 2.05) is 0 Å². The quantitative estimate of drug-likeness (QED) is 0.185. The van der Waals surface area contributed by atoms with Crippen LogP contribution in [-0.2, 0) is 28.7 Å². The summed E-state index contributed by atoms with van der Waals surface area (Å²) in [6.45, 7) is -0.0137. The summed E-state index contributed by atoms with van der Waals surface area (Å²) >= 11 is 0. The Hall–Kier alpha value is -1.88. The molecule has 0 aromatic carbocycles. The Kier molecular flexibility index (Phi) is 11.5. The summed E-state index contributed by atoms with van der Waals surface area (Å²) in [5.74, 6) is -3.20. The first-order valence-corrected chi connectivity index (χ1v) is 7.72. The van der Waals surface area contributed by atoms with Crippen molar-refractivity contribution in [2.75, 3.05) is 13.1 Å². The van der Waals surface area contributed by atoms with Crippen LogP contribution in [0.1, 0.15) is 38.5 Å². The molecule has 0 aliphatic heterocycles. The number of esters is 4. The van der Waals surface area contributed by atoms with Gasteiger partial charge in [0, 0.05) is 6.42 Å². The van der Waals surface area contributed by atoms with Crippen molar-refractivity contribution >= 4 is 23.9 Å². The molecule has 10 heteroatoms. The maximum Gasteiger partial charge on any atom is 0.330 e. The van der Waals surface area contributed by atoms with Crippen LogP contribution in [0.15, 0.2) is 0 Å². The Balaban J connectivity index is 3.90. The molecule has 0 heterocycles. The first-order chi connectivity index (χ1) is 11.3. The molecule has 0 aliphatic carbocycles. The van der Waals surface area contributed by atoms with E-state index in [0.29, 0.717) is 32.2 Å². The van der Waals surface area contributed by atoms with Gasteiger partial charge in [0.1, 0.15) is 12.1 Å². The smallest absolute Gasteiger partial charge is 0.330 e. The van der Waals surface area contributed by atoms with Crippen molar-refractivity contribution < 1.29 is 28.7 Å². The number of nitrogens with two attached hydrogens (primary N) is 4. The zero-order chi connectivity index (χ0) is 18.5. The Morgan fingerprint density at radius 1 is 0.750 bits per heavy atom. The number of hydrogen-bond donors (Lipinski definition) is 4. The molecule has 0 aromatic rings. The van der Waals surface area contributed by atoms with Crippen LogP contribution in [0.2, 0.25) is 0 Å². The van der Waals surface area contributed by atoms with Crippen LogP contribution in [0.25, 0.3) is 0 Å². The lowest BCUT2D eigenvalue weighted by atomic mass is 10.1. The zero-order valence-corrected chi connectivity index (χ0v) is 13.6. The summed E-state index contributed by atoms with van der Waals surface area (Å²) in [7, 11) is 0. The second-order valence-electron chi connectivity index (χ2n) is 5.18. The third kappa shape index (κ3) is 10.0. The molecule has 24 heavy (non-hydrogen) atoms. The molecule has 0 radical (unpaired) electrons.